The largest absolute Gasteiger partial charge is 0.368 e. The van der Waals surface area contributed by atoms with Crippen molar-refractivity contribution in [3.05, 3.63) is 27.1 Å². The fourth-order valence-corrected chi connectivity index (χ4v) is 2.33. The van der Waals surface area contributed by atoms with Crippen LogP contribution in [0.3, 0.4) is 0 Å². The summed E-state index contributed by atoms with van der Waals surface area (Å²) in [5, 5.41) is 15.4. The molecule has 1 aromatic rings. The zero-order valence-electron chi connectivity index (χ0n) is 10.6. The summed E-state index contributed by atoms with van der Waals surface area (Å²) in [5.74, 6) is -0.424. The van der Waals surface area contributed by atoms with E-state index in [-0.39, 0.29) is 10.4 Å². The first-order chi connectivity index (χ1) is 8.21. The molecule has 3 N–H and O–H groups in total. The van der Waals surface area contributed by atoms with Gasteiger partial charge in [-0.25, -0.2) is 0 Å². The van der Waals surface area contributed by atoms with E-state index in [1.165, 1.54) is 6.07 Å². The molecule has 0 fully saturated rings. The lowest BCUT2D eigenvalue weighted by Crippen LogP contribution is -2.49. The zero-order valence-corrected chi connectivity index (χ0v) is 11.4. The molecule has 1 atom stereocenters. The SMILES string of the molecule is CC(C)(C)[C@H](NCc1csc([N+](=O)[O-])c1)C(N)=O. The van der Waals surface area contributed by atoms with Crippen molar-refractivity contribution in [2.75, 3.05) is 0 Å². The Bertz CT molecular complexity index is 451. The third kappa shape index (κ3) is 3.78. The zero-order chi connectivity index (χ0) is 13.9. The number of hydrogen-bond acceptors (Lipinski definition) is 5. The Morgan fingerprint density at radius 2 is 2.22 bits per heavy atom. The quantitative estimate of drug-likeness (QED) is 0.628. The van der Waals surface area contributed by atoms with Gasteiger partial charge in [-0.15, -0.1) is 0 Å². The first kappa shape index (κ1) is 14.6. The van der Waals surface area contributed by atoms with Crippen LogP contribution in [0.5, 0.6) is 0 Å². The molecule has 1 rings (SSSR count). The minimum Gasteiger partial charge on any atom is -0.368 e. The second-order valence-electron chi connectivity index (χ2n) is 5.13. The summed E-state index contributed by atoms with van der Waals surface area (Å²) in [7, 11) is 0. The van der Waals surface area contributed by atoms with Crippen LogP contribution in [0.4, 0.5) is 5.00 Å². The number of rotatable bonds is 5. The highest BCUT2D eigenvalue weighted by Crippen LogP contribution is 2.24. The molecular formula is C11H17N3O3S. The lowest BCUT2D eigenvalue weighted by molar-refractivity contribution is -0.380. The highest BCUT2D eigenvalue weighted by molar-refractivity contribution is 7.13. The average Bonchev–Trinajstić information content (AvgIpc) is 2.63. The van der Waals surface area contributed by atoms with Crippen LogP contribution in [0.25, 0.3) is 0 Å². The highest BCUT2D eigenvalue weighted by atomic mass is 32.1. The van der Waals surface area contributed by atoms with Crippen molar-refractivity contribution >= 4 is 22.2 Å². The lowest BCUT2D eigenvalue weighted by atomic mass is 9.86. The van der Waals surface area contributed by atoms with E-state index in [0.717, 1.165) is 16.9 Å². The van der Waals surface area contributed by atoms with E-state index in [1.54, 1.807) is 5.38 Å². The number of primary amides is 1. The highest BCUT2D eigenvalue weighted by Gasteiger charge is 2.29. The summed E-state index contributed by atoms with van der Waals surface area (Å²) in [6, 6.07) is 1.02. The molecule has 7 heteroatoms. The number of hydrogen-bond donors (Lipinski definition) is 2. The molecule has 0 aliphatic heterocycles. The van der Waals surface area contributed by atoms with Gasteiger partial charge in [-0.1, -0.05) is 32.1 Å². The Morgan fingerprint density at radius 1 is 1.61 bits per heavy atom. The lowest BCUT2D eigenvalue weighted by Gasteiger charge is -2.28. The maximum Gasteiger partial charge on any atom is 0.324 e. The molecule has 0 saturated heterocycles. The predicted octanol–water partition coefficient (Wildman–Crippen LogP) is 1.65. The number of amides is 1. The van der Waals surface area contributed by atoms with Crippen LogP contribution in [0, 0.1) is 15.5 Å². The molecular weight excluding hydrogens is 254 g/mol. The summed E-state index contributed by atoms with van der Waals surface area (Å²) >= 11 is 1.07. The molecule has 0 saturated carbocycles. The van der Waals surface area contributed by atoms with Crippen molar-refractivity contribution in [3.63, 3.8) is 0 Å². The minimum absolute atomic E-state index is 0.0955. The van der Waals surface area contributed by atoms with Crippen molar-refractivity contribution in [2.45, 2.75) is 33.4 Å². The summed E-state index contributed by atoms with van der Waals surface area (Å²) in [4.78, 5) is 21.4. The monoisotopic (exact) mass is 271 g/mol. The number of carbonyl (C=O) groups is 1. The molecule has 100 valence electrons. The summed E-state index contributed by atoms with van der Waals surface area (Å²) < 4.78 is 0. The summed E-state index contributed by atoms with van der Waals surface area (Å²) in [6.45, 7) is 6.11. The Labute approximate surface area is 109 Å². The molecule has 6 nitrogen and oxygen atoms in total. The molecule has 18 heavy (non-hydrogen) atoms. The number of nitro groups is 1. The van der Waals surface area contributed by atoms with Gasteiger partial charge in [-0.05, 0) is 11.0 Å². The molecule has 1 amide bonds. The van der Waals surface area contributed by atoms with Gasteiger partial charge in [0, 0.05) is 18.0 Å². The number of nitrogens with two attached hydrogens (primary N) is 1. The van der Waals surface area contributed by atoms with Crippen molar-refractivity contribution in [2.24, 2.45) is 11.1 Å². The van der Waals surface area contributed by atoms with E-state index in [4.69, 9.17) is 5.73 Å². The standard InChI is InChI=1S/C11H17N3O3S/c1-11(2,3)9(10(12)15)13-5-7-4-8(14(16)17)18-6-7/h4,6,9,13H,5H2,1-3H3,(H2,12,15)/t9-/m1/s1. The van der Waals surface area contributed by atoms with Crippen LogP contribution in [0.2, 0.25) is 0 Å². The van der Waals surface area contributed by atoms with Crippen LogP contribution in [-0.2, 0) is 11.3 Å². The fourth-order valence-electron chi connectivity index (χ4n) is 1.60. The molecule has 0 aliphatic rings. The second-order valence-corrected chi connectivity index (χ2v) is 6.02. The van der Waals surface area contributed by atoms with Gasteiger partial charge in [0.25, 0.3) is 0 Å². The van der Waals surface area contributed by atoms with E-state index in [9.17, 15) is 14.9 Å². The number of nitrogens with one attached hydrogen (secondary N) is 1. The Balaban J connectivity index is 2.67. The molecule has 0 aromatic carbocycles. The average molecular weight is 271 g/mol. The fraction of sp³-hybridized carbons (Fsp3) is 0.545. The number of carbonyl (C=O) groups excluding carboxylic acids is 1. The topological polar surface area (TPSA) is 98.3 Å². The second kappa shape index (κ2) is 5.45. The van der Waals surface area contributed by atoms with E-state index in [2.05, 4.69) is 5.32 Å². The van der Waals surface area contributed by atoms with Crippen molar-refractivity contribution in [1.82, 2.24) is 5.32 Å². The van der Waals surface area contributed by atoms with Crippen LogP contribution in [0.1, 0.15) is 26.3 Å². The summed E-state index contributed by atoms with van der Waals surface area (Å²) in [5.41, 5.74) is 5.82. The van der Waals surface area contributed by atoms with Crippen molar-refractivity contribution in [3.8, 4) is 0 Å². The van der Waals surface area contributed by atoms with Gasteiger partial charge in [-0.3, -0.25) is 14.9 Å². The predicted molar refractivity (Wildman–Crippen MR) is 70.3 cm³/mol. The molecule has 0 aliphatic carbocycles. The van der Waals surface area contributed by atoms with Crippen molar-refractivity contribution < 1.29 is 9.72 Å². The molecule has 1 aromatic heterocycles. The van der Waals surface area contributed by atoms with E-state index in [0.29, 0.717) is 6.54 Å². The summed E-state index contributed by atoms with van der Waals surface area (Å²) in [6.07, 6.45) is 0. The molecule has 0 radical (unpaired) electrons. The minimum atomic E-state index is -0.476. The Kier molecular flexibility index (Phi) is 4.42. The van der Waals surface area contributed by atoms with Gasteiger partial charge >= 0.3 is 5.00 Å². The maximum atomic E-state index is 11.3. The van der Waals surface area contributed by atoms with Gasteiger partial charge in [0.15, 0.2) is 0 Å². The first-order valence-corrected chi connectivity index (χ1v) is 6.34. The van der Waals surface area contributed by atoms with E-state index < -0.39 is 16.9 Å². The van der Waals surface area contributed by atoms with E-state index in [1.807, 2.05) is 20.8 Å². The van der Waals surface area contributed by atoms with Crippen LogP contribution in [0.15, 0.2) is 11.4 Å². The van der Waals surface area contributed by atoms with Crippen molar-refractivity contribution in [1.29, 1.82) is 0 Å². The third-order valence-electron chi connectivity index (χ3n) is 2.48. The molecule has 0 unspecified atom stereocenters. The molecule has 0 bridgehead atoms. The number of nitrogens with zero attached hydrogens (tertiary/aromatic N) is 1. The van der Waals surface area contributed by atoms with Crippen LogP contribution in [-0.4, -0.2) is 16.9 Å². The number of thiophene rings is 1. The normalized spacial score (nSPS) is 13.3. The Hall–Kier alpha value is -1.47. The van der Waals surface area contributed by atoms with Gasteiger partial charge < -0.3 is 11.1 Å². The van der Waals surface area contributed by atoms with Crippen LogP contribution < -0.4 is 11.1 Å². The maximum absolute atomic E-state index is 11.3. The van der Waals surface area contributed by atoms with Gasteiger partial charge in [0.1, 0.15) is 0 Å². The third-order valence-corrected chi connectivity index (χ3v) is 3.41. The molecule has 0 spiro atoms. The van der Waals surface area contributed by atoms with Crippen LogP contribution >= 0.6 is 11.3 Å². The van der Waals surface area contributed by atoms with Gasteiger partial charge in [0.05, 0.1) is 11.0 Å². The first-order valence-electron chi connectivity index (χ1n) is 5.46. The van der Waals surface area contributed by atoms with Gasteiger partial charge in [-0.2, -0.15) is 0 Å². The smallest absolute Gasteiger partial charge is 0.324 e. The Morgan fingerprint density at radius 3 is 2.61 bits per heavy atom. The van der Waals surface area contributed by atoms with E-state index >= 15 is 0 Å². The molecule has 1 heterocycles. The van der Waals surface area contributed by atoms with Gasteiger partial charge in [0.2, 0.25) is 5.91 Å².